The van der Waals surface area contributed by atoms with Crippen LogP contribution in [0.25, 0.3) is 0 Å². The summed E-state index contributed by atoms with van der Waals surface area (Å²) in [6.45, 7) is -0.666. The zero-order chi connectivity index (χ0) is 22.9. The normalized spacial score (nSPS) is 12.4. The van der Waals surface area contributed by atoms with Gasteiger partial charge in [0.1, 0.15) is 12.8 Å². The molecule has 2 aromatic carbocycles. The summed E-state index contributed by atoms with van der Waals surface area (Å²) >= 11 is 0. The van der Waals surface area contributed by atoms with E-state index in [4.69, 9.17) is 5.73 Å². The summed E-state index contributed by atoms with van der Waals surface area (Å²) in [6.07, 6.45) is -3.66. The number of carbonyl (C=O) groups is 1. The Hall–Kier alpha value is -2.84. The molecule has 1 atom stereocenters. The maximum absolute atomic E-state index is 12.8. The Labute approximate surface area is 178 Å². The zero-order valence-electron chi connectivity index (χ0n) is 16.9. The molecule has 0 aliphatic rings. The van der Waals surface area contributed by atoms with Crippen LogP contribution in [0, 0.1) is 0 Å². The highest BCUT2D eigenvalue weighted by atomic mass is 19.4. The number of hydrogen-bond acceptors (Lipinski definition) is 3. The Morgan fingerprint density at radius 3 is 2.35 bits per heavy atom. The highest BCUT2D eigenvalue weighted by Crippen LogP contribution is 2.29. The van der Waals surface area contributed by atoms with E-state index in [-0.39, 0.29) is 18.7 Å². The molecule has 0 heterocycles. The lowest BCUT2D eigenvalue weighted by Crippen LogP contribution is -2.13. The molecule has 0 aliphatic carbocycles. The van der Waals surface area contributed by atoms with Crippen molar-refractivity contribution >= 4 is 23.0 Å². The second-order valence-corrected chi connectivity index (χ2v) is 7.25. The van der Waals surface area contributed by atoms with Crippen molar-refractivity contribution in [1.29, 1.82) is 0 Å². The number of benzene rings is 2. The summed E-state index contributed by atoms with van der Waals surface area (Å²) in [5, 5.41) is 5.78. The smallest absolute Gasteiger partial charge is 0.397 e. The van der Waals surface area contributed by atoms with E-state index in [9.17, 15) is 26.7 Å². The van der Waals surface area contributed by atoms with Gasteiger partial charge in [-0.15, -0.1) is 0 Å². The average Bonchev–Trinajstić information content (AvgIpc) is 2.73. The van der Waals surface area contributed by atoms with E-state index in [0.717, 1.165) is 12.1 Å². The zero-order valence-corrected chi connectivity index (χ0v) is 16.9. The van der Waals surface area contributed by atoms with E-state index in [1.807, 2.05) is 0 Å². The van der Waals surface area contributed by atoms with Crippen molar-refractivity contribution in [3.63, 3.8) is 0 Å². The van der Waals surface area contributed by atoms with Crippen molar-refractivity contribution in [2.75, 3.05) is 23.0 Å². The van der Waals surface area contributed by atoms with Crippen molar-refractivity contribution < 1.29 is 26.7 Å². The SMILES string of the molecule is Nc1cc(NCc2ccc(C(F)(F)F)cc2)ccc1NC(=O)CCCCC[C@@H](F)CF. The summed E-state index contributed by atoms with van der Waals surface area (Å²) in [6, 6.07) is 9.82. The Morgan fingerprint density at radius 1 is 1.03 bits per heavy atom. The predicted octanol–water partition coefficient (Wildman–Crippen LogP) is 6.10. The van der Waals surface area contributed by atoms with Crippen molar-refractivity contribution in [2.45, 2.75) is 51.0 Å². The molecule has 0 aromatic heterocycles. The lowest BCUT2D eigenvalue weighted by molar-refractivity contribution is -0.137. The summed E-state index contributed by atoms with van der Waals surface area (Å²) < 4.78 is 62.6. The molecule has 0 bridgehead atoms. The molecule has 4 nitrogen and oxygen atoms in total. The molecular formula is C22H26F5N3O. The highest BCUT2D eigenvalue weighted by Gasteiger charge is 2.29. The van der Waals surface area contributed by atoms with Crippen LogP contribution in [0.2, 0.25) is 0 Å². The van der Waals surface area contributed by atoms with Gasteiger partial charge in [-0.05, 0) is 48.7 Å². The maximum atomic E-state index is 12.8. The minimum atomic E-state index is -4.37. The lowest BCUT2D eigenvalue weighted by Gasteiger charge is -2.12. The molecule has 0 saturated carbocycles. The summed E-state index contributed by atoms with van der Waals surface area (Å²) in [5.41, 5.74) is 7.40. The van der Waals surface area contributed by atoms with Crippen LogP contribution in [0.1, 0.15) is 43.2 Å². The molecule has 0 fully saturated rings. The number of rotatable bonds is 11. The Balaban J connectivity index is 1.78. The van der Waals surface area contributed by atoms with Crippen LogP contribution in [0.3, 0.4) is 0 Å². The van der Waals surface area contributed by atoms with Crippen molar-refractivity contribution in [2.24, 2.45) is 0 Å². The van der Waals surface area contributed by atoms with Crippen LogP contribution in [-0.2, 0) is 17.5 Å². The molecule has 0 spiro atoms. The number of unbranched alkanes of at least 4 members (excludes halogenated alkanes) is 2. The molecule has 0 aliphatic heterocycles. The summed E-state index contributed by atoms with van der Waals surface area (Å²) in [7, 11) is 0. The molecule has 0 unspecified atom stereocenters. The van der Waals surface area contributed by atoms with Gasteiger partial charge in [0.25, 0.3) is 0 Å². The first-order valence-electron chi connectivity index (χ1n) is 9.98. The van der Waals surface area contributed by atoms with E-state index < -0.39 is 24.6 Å². The molecule has 1 amide bonds. The van der Waals surface area contributed by atoms with Crippen molar-refractivity contribution in [3.8, 4) is 0 Å². The number of anilines is 3. The second-order valence-electron chi connectivity index (χ2n) is 7.25. The molecule has 4 N–H and O–H groups in total. The number of nitrogens with two attached hydrogens (primary N) is 1. The van der Waals surface area contributed by atoms with Gasteiger partial charge in [0.05, 0.1) is 16.9 Å². The first kappa shape index (κ1) is 24.4. The van der Waals surface area contributed by atoms with Gasteiger partial charge >= 0.3 is 6.18 Å². The molecule has 9 heteroatoms. The van der Waals surface area contributed by atoms with Gasteiger partial charge < -0.3 is 16.4 Å². The first-order valence-corrected chi connectivity index (χ1v) is 9.98. The predicted molar refractivity (Wildman–Crippen MR) is 112 cm³/mol. The van der Waals surface area contributed by atoms with Crippen LogP contribution in [0.4, 0.5) is 39.0 Å². The monoisotopic (exact) mass is 443 g/mol. The van der Waals surface area contributed by atoms with E-state index in [1.54, 1.807) is 18.2 Å². The molecule has 170 valence electrons. The van der Waals surface area contributed by atoms with Crippen molar-refractivity contribution in [1.82, 2.24) is 0 Å². The molecule has 0 radical (unpaired) electrons. The largest absolute Gasteiger partial charge is 0.416 e. The fourth-order valence-corrected chi connectivity index (χ4v) is 2.92. The van der Waals surface area contributed by atoms with Crippen LogP contribution in [-0.4, -0.2) is 18.8 Å². The van der Waals surface area contributed by atoms with E-state index >= 15 is 0 Å². The van der Waals surface area contributed by atoms with Gasteiger partial charge in [-0.2, -0.15) is 13.2 Å². The van der Waals surface area contributed by atoms with Gasteiger partial charge in [-0.3, -0.25) is 4.79 Å². The third kappa shape index (κ3) is 8.43. The third-order valence-corrected chi connectivity index (χ3v) is 4.69. The number of amides is 1. The number of hydrogen-bond donors (Lipinski definition) is 3. The molecule has 2 aromatic rings. The van der Waals surface area contributed by atoms with Crippen LogP contribution < -0.4 is 16.4 Å². The van der Waals surface area contributed by atoms with Crippen LogP contribution in [0.15, 0.2) is 42.5 Å². The standard InChI is InChI=1S/C22H26F5N3O/c23-13-17(24)4-2-1-3-5-21(31)30-20-11-10-18(12-19(20)28)29-14-15-6-8-16(9-7-15)22(25,26)27/h6-12,17,29H,1-5,13-14,28H2,(H,30,31)/t17-/m1/s1. The van der Waals surface area contributed by atoms with Crippen LogP contribution in [0.5, 0.6) is 0 Å². The first-order chi connectivity index (χ1) is 14.7. The minimum absolute atomic E-state index is 0.159. The van der Waals surface area contributed by atoms with Gasteiger partial charge in [0.15, 0.2) is 0 Å². The number of nitrogen functional groups attached to an aromatic ring is 1. The Morgan fingerprint density at radius 2 is 1.74 bits per heavy atom. The van der Waals surface area contributed by atoms with E-state index in [0.29, 0.717) is 48.4 Å². The van der Waals surface area contributed by atoms with E-state index in [2.05, 4.69) is 10.6 Å². The summed E-state index contributed by atoms with van der Waals surface area (Å²) in [4.78, 5) is 12.0. The van der Waals surface area contributed by atoms with Gasteiger partial charge in [0, 0.05) is 18.7 Å². The Kier molecular flexibility index (Phi) is 9.08. The quantitative estimate of drug-likeness (QED) is 0.223. The fraction of sp³-hybridized carbons (Fsp3) is 0.409. The highest BCUT2D eigenvalue weighted by molar-refractivity contribution is 5.94. The topological polar surface area (TPSA) is 67.2 Å². The fourth-order valence-electron chi connectivity index (χ4n) is 2.92. The van der Waals surface area contributed by atoms with Crippen molar-refractivity contribution in [3.05, 3.63) is 53.6 Å². The average molecular weight is 443 g/mol. The van der Waals surface area contributed by atoms with Gasteiger partial charge in [-0.1, -0.05) is 25.0 Å². The van der Waals surface area contributed by atoms with Gasteiger partial charge in [0.2, 0.25) is 5.91 Å². The molecule has 0 saturated heterocycles. The van der Waals surface area contributed by atoms with Gasteiger partial charge in [-0.25, -0.2) is 8.78 Å². The van der Waals surface area contributed by atoms with E-state index in [1.165, 1.54) is 12.1 Å². The number of halogens is 5. The Bertz CT molecular complexity index is 840. The number of nitrogens with one attached hydrogen (secondary N) is 2. The molecule has 2 rings (SSSR count). The lowest BCUT2D eigenvalue weighted by atomic mass is 10.1. The number of alkyl halides is 5. The minimum Gasteiger partial charge on any atom is -0.397 e. The second kappa shape index (κ2) is 11.5. The number of carbonyl (C=O) groups excluding carboxylic acids is 1. The third-order valence-electron chi connectivity index (χ3n) is 4.69. The van der Waals surface area contributed by atoms with Crippen LogP contribution >= 0.6 is 0 Å². The molecule has 31 heavy (non-hydrogen) atoms. The molecular weight excluding hydrogens is 417 g/mol. The maximum Gasteiger partial charge on any atom is 0.416 e. The summed E-state index contributed by atoms with van der Waals surface area (Å²) in [5.74, 6) is -0.223.